The molecule has 122 valence electrons. The van der Waals surface area contributed by atoms with Gasteiger partial charge in [-0.2, -0.15) is 5.26 Å². The zero-order valence-electron chi connectivity index (χ0n) is 13.2. The third kappa shape index (κ3) is 4.68. The largest absolute Gasteiger partial charge is 0.431 e. The van der Waals surface area contributed by atoms with Gasteiger partial charge in [-0.15, -0.1) is 0 Å². The Morgan fingerprint density at radius 3 is 2.21 bits per heavy atom. The Morgan fingerprint density at radius 1 is 1.04 bits per heavy atom. The Hall–Kier alpha value is -2.14. The van der Waals surface area contributed by atoms with E-state index < -0.39 is 0 Å². The molecular formula is C17H15N3OS3. The molecule has 2 aromatic rings. The maximum Gasteiger partial charge on any atom is 0.275 e. The summed E-state index contributed by atoms with van der Waals surface area (Å²) in [6.07, 6.45) is 0. The quantitative estimate of drug-likeness (QED) is 0.452. The lowest BCUT2D eigenvalue weighted by Gasteiger charge is -2.28. The van der Waals surface area contributed by atoms with Crippen LogP contribution in [0.1, 0.15) is 0 Å². The molecule has 0 N–H and O–H groups in total. The SMILES string of the molecule is CN(C)C(=S)N(C(=S)Oc1ccc(SC#N)cc1)c1ccccc1. The van der Waals surface area contributed by atoms with Crippen molar-refractivity contribution >= 4 is 52.2 Å². The number of benzene rings is 2. The van der Waals surface area contributed by atoms with Gasteiger partial charge < -0.3 is 9.64 Å². The van der Waals surface area contributed by atoms with E-state index in [4.69, 9.17) is 34.4 Å². The van der Waals surface area contributed by atoms with Crippen molar-refractivity contribution in [3.63, 3.8) is 0 Å². The molecule has 0 saturated carbocycles. The maximum absolute atomic E-state index is 8.68. The van der Waals surface area contributed by atoms with Gasteiger partial charge in [0.25, 0.3) is 5.17 Å². The van der Waals surface area contributed by atoms with E-state index in [0.29, 0.717) is 10.9 Å². The number of thiocarbonyl (C=S) groups is 2. The van der Waals surface area contributed by atoms with Crippen LogP contribution in [-0.4, -0.2) is 29.3 Å². The normalized spacial score (nSPS) is 9.71. The summed E-state index contributed by atoms with van der Waals surface area (Å²) in [4.78, 5) is 4.34. The lowest BCUT2D eigenvalue weighted by Crippen LogP contribution is -2.44. The molecule has 0 unspecified atom stereocenters. The average molecular weight is 374 g/mol. The van der Waals surface area contributed by atoms with Gasteiger partial charge in [-0.1, -0.05) is 18.2 Å². The zero-order valence-corrected chi connectivity index (χ0v) is 15.6. The molecule has 0 radical (unpaired) electrons. The lowest BCUT2D eigenvalue weighted by atomic mass is 10.3. The van der Waals surface area contributed by atoms with E-state index in [1.54, 1.807) is 21.9 Å². The van der Waals surface area contributed by atoms with Gasteiger partial charge in [-0.05, 0) is 72.6 Å². The first-order valence-corrected chi connectivity index (χ1v) is 8.60. The molecule has 0 aliphatic carbocycles. The molecule has 0 aliphatic heterocycles. The van der Waals surface area contributed by atoms with Crippen molar-refractivity contribution in [3.05, 3.63) is 54.6 Å². The molecule has 4 nitrogen and oxygen atoms in total. The van der Waals surface area contributed by atoms with Crippen LogP contribution in [0.4, 0.5) is 5.69 Å². The van der Waals surface area contributed by atoms with E-state index in [-0.39, 0.29) is 5.17 Å². The predicted molar refractivity (Wildman–Crippen MR) is 106 cm³/mol. The Labute approximate surface area is 156 Å². The van der Waals surface area contributed by atoms with E-state index in [1.807, 2.05) is 62.0 Å². The predicted octanol–water partition coefficient (Wildman–Crippen LogP) is 4.28. The summed E-state index contributed by atoms with van der Waals surface area (Å²) in [5.41, 5.74) is 0.831. The van der Waals surface area contributed by atoms with Gasteiger partial charge in [-0.3, -0.25) is 0 Å². The number of nitriles is 1. The van der Waals surface area contributed by atoms with Gasteiger partial charge in [0, 0.05) is 19.0 Å². The van der Waals surface area contributed by atoms with E-state index >= 15 is 0 Å². The van der Waals surface area contributed by atoms with E-state index in [2.05, 4.69) is 0 Å². The topological polar surface area (TPSA) is 39.5 Å². The number of thioether (sulfide) groups is 1. The molecule has 0 spiro atoms. The van der Waals surface area contributed by atoms with Crippen molar-refractivity contribution in [2.75, 3.05) is 19.0 Å². The van der Waals surface area contributed by atoms with Gasteiger partial charge in [0.05, 0.1) is 5.69 Å². The smallest absolute Gasteiger partial charge is 0.275 e. The van der Waals surface area contributed by atoms with E-state index in [1.165, 1.54) is 0 Å². The van der Waals surface area contributed by atoms with Crippen LogP contribution in [0.3, 0.4) is 0 Å². The molecule has 2 aromatic carbocycles. The number of thiocyanates is 1. The van der Waals surface area contributed by atoms with Crippen molar-refractivity contribution in [2.24, 2.45) is 0 Å². The molecule has 0 saturated heterocycles. The Morgan fingerprint density at radius 2 is 1.67 bits per heavy atom. The Bertz CT molecular complexity index is 755. The van der Waals surface area contributed by atoms with Crippen LogP contribution in [0.5, 0.6) is 5.75 Å². The minimum absolute atomic E-state index is 0.237. The summed E-state index contributed by atoms with van der Waals surface area (Å²) in [6, 6.07) is 16.7. The second-order valence-electron chi connectivity index (χ2n) is 4.88. The summed E-state index contributed by atoms with van der Waals surface area (Å²) in [5, 5.41) is 11.5. The van der Waals surface area contributed by atoms with Crippen LogP contribution in [0.25, 0.3) is 0 Å². The highest BCUT2D eigenvalue weighted by Crippen LogP contribution is 2.22. The fourth-order valence-electron chi connectivity index (χ4n) is 1.85. The highest BCUT2D eigenvalue weighted by Gasteiger charge is 2.20. The van der Waals surface area contributed by atoms with Crippen LogP contribution >= 0.6 is 36.2 Å². The average Bonchev–Trinajstić information content (AvgIpc) is 2.58. The number of nitrogens with zero attached hydrogens (tertiary/aromatic N) is 3. The third-order valence-corrected chi connectivity index (χ3v) is 4.38. The van der Waals surface area contributed by atoms with Crippen molar-refractivity contribution in [1.82, 2.24) is 4.90 Å². The van der Waals surface area contributed by atoms with Crippen molar-refractivity contribution < 1.29 is 4.74 Å². The summed E-state index contributed by atoms with van der Waals surface area (Å²) in [7, 11) is 3.71. The number of ether oxygens (including phenoxy) is 1. The van der Waals surface area contributed by atoms with E-state index in [0.717, 1.165) is 22.3 Å². The first-order chi connectivity index (χ1) is 11.5. The molecule has 24 heavy (non-hydrogen) atoms. The molecule has 0 bridgehead atoms. The monoisotopic (exact) mass is 373 g/mol. The molecule has 0 aliphatic rings. The minimum atomic E-state index is 0.237. The molecule has 0 fully saturated rings. The van der Waals surface area contributed by atoms with Crippen LogP contribution in [-0.2, 0) is 0 Å². The Kier molecular flexibility index (Phi) is 6.55. The fourth-order valence-corrected chi connectivity index (χ4v) is 2.76. The van der Waals surface area contributed by atoms with Crippen molar-refractivity contribution in [1.29, 1.82) is 5.26 Å². The molecular weight excluding hydrogens is 358 g/mol. The number of para-hydroxylation sites is 1. The van der Waals surface area contributed by atoms with Crippen molar-refractivity contribution in [3.8, 4) is 11.2 Å². The third-order valence-electron chi connectivity index (χ3n) is 2.96. The summed E-state index contributed by atoms with van der Waals surface area (Å²) in [6.45, 7) is 0. The van der Waals surface area contributed by atoms with Gasteiger partial charge in [-0.25, -0.2) is 4.90 Å². The molecule has 2 rings (SSSR count). The molecule has 0 aromatic heterocycles. The molecule has 0 atom stereocenters. The maximum atomic E-state index is 8.68. The lowest BCUT2D eigenvalue weighted by molar-refractivity contribution is 0.548. The number of anilines is 1. The number of hydrogen-bond donors (Lipinski definition) is 0. The Balaban J connectivity index is 2.22. The second-order valence-corrected chi connectivity index (χ2v) is 6.45. The first kappa shape index (κ1) is 18.2. The van der Waals surface area contributed by atoms with Gasteiger partial charge >= 0.3 is 0 Å². The minimum Gasteiger partial charge on any atom is -0.431 e. The summed E-state index contributed by atoms with van der Waals surface area (Å²) >= 11 is 12.0. The van der Waals surface area contributed by atoms with Crippen molar-refractivity contribution in [2.45, 2.75) is 4.90 Å². The molecule has 0 amide bonds. The molecule has 0 heterocycles. The number of hydrogen-bond acceptors (Lipinski definition) is 5. The highest BCUT2D eigenvalue weighted by molar-refractivity contribution is 8.03. The van der Waals surface area contributed by atoms with Crippen LogP contribution in [0.15, 0.2) is 59.5 Å². The van der Waals surface area contributed by atoms with Gasteiger partial charge in [0.15, 0.2) is 5.11 Å². The highest BCUT2D eigenvalue weighted by atomic mass is 32.2. The summed E-state index contributed by atoms with van der Waals surface area (Å²) < 4.78 is 5.79. The standard InChI is InChI=1S/C17H15N3OS3/c1-19(2)16(22)20(13-6-4-3-5-7-13)17(23)21-14-8-10-15(11-9-14)24-12-18/h3-11H,1-2H3. The van der Waals surface area contributed by atoms with E-state index in [9.17, 15) is 0 Å². The van der Waals surface area contributed by atoms with Gasteiger partial charge in [0.1, 0.15) is 11.2 Å². The van der Waals surface area contributed by atoms with Crippen LogP contribution in [0.2, 0.25) is 0 Å². The number of rotatable bonds is 3. The van der Waals surface area contributed by atoms with Gasteiger partial charge in [0.2, 0.25) is 0 Å². The second kappa shape index (κ2) is 8.64. The summed E-state index contributed by atoms with van der Waals surface area (Å²) in [5.74, 6) is 0.588. The van der Waals surface area contributed by atoms with Crippen LogP contribution < -0.4 is 9.64 Å². The zero-order chi connectivity index (χ0) is 17.5. The van der Waals surface area contributed by atoms with Crippen LogP contribution in [0, 0.1) is 10.7 Å². The first-order valence-electron chi connectivity index (χ1n) is 6.97. The molecule has 7 heteroatoms. The fraction of sp³-hybridized carbons (Fsp3) is 0.118.